The van der Waals surface area contributed by atoms with E-state index in [1.807, 2.05) is 19.0 Å². The molecule has 0 saturated heterocycles. The molecule has 0 aliphatic carbocycles. The lowest BCUT2D eigenvalue weighted by atomic mass is 10.2. The summed E-state index contributed by atoms with van der Waals surface area (Å²) in [4.78, 5) is 5.99. The van der Waals surface area contributed by atoms with Crippen LogP contribution in [0.3, 0.4) is 0 Å². The molecule has 1 N–H and O–H groups in total. The van der Waals surface area contributed by atoms with Crippen LogP contribution in [0.2, 0.25) is 0 Å². The zero-order valence-electron chi connectivity index (χ0n) is 12.4. The Bertz CT molecular complexity index is 693. The van der Waals surface area contributed by atoms with Gasteiger partial charge >= 0.3 is 0 Å². The number of nitrogens with one attached hydrogen (secondary N) is 1. The molecule has 2 rings (SSSR count). The molecule has 1 aromatic heterocycles. The Morgan fingerprint density at radius 3 is 2.24 bits per heavy atom. The fourth-order valence-corrected chi connectivity index (χ4v) is 2.38. The van der Waals surface area contributed by atoms with Crippen LogP contribution in [0.1, 0.15) is 5.56 Å². The van der Waals surface area contributed by atoms with E-state index in [1.54, 1.807) is 6.07 Å². The summed E-state index contributed by atoms with van der Waals surface area (Å²) >= 11 is 0. The number of hydrogen-bond acceptors (Lipinski definition) is 5. The molecule has 0 bridgehead atoms. The van der Waals surface area contributed by atoms with E-state index in [0.29, 0.717) is 6.54 Å². The van der Waals surface area contributed by atoms with E-state index in [-0.39, 0.29) is 5.03 Å². The number of aromatic nitrogens is 1. The van der Waals surface area contributed by atoms with Gasteiger partial charge in [0, 0.05) is 32.6 Å². The molecule has 0 fully saturated rings. The van der Waals surface area contributed by atoms with Gasteiger partial charge in [-0.3, -0.25) is 0 Å². The molecule has 0 spiro atoms. The van der Waals surface area contributed by atoms with Crippen molar-refractivity contribution >= 4 is 21.2 Å². The van der Waals surface area contributed by atoms with Gasteiger partial charge in [0.05, 0.1) is 11.9 Å². The van der Waals surface area contributed by atoms with Gasteiger partial charge in [0.2, 0.25) is 0 Å². The minimum atomic E-state index is -3.24. The summed E-state index contributed by atoms with van der Waals surface area (Å²) in [5, 5.41) is 3.30. The van der Waals surface area contributed by atoms with Gasteiger partial charge in [-0.2, -0.15) is 0 Å². The Morgan fingerprint density at radius 2 is 1.76 bits per heavy atom. The topological polar surface area (TPSA) is 62.3 Å². The second-order valence-electron chi connectivity index (χ2n) is 5.07. The van der Waals surface area contributed by atoms with Crippen molar-refractivity contribution in [2.24, 2.45) is 0 Å². The Labute approximate surface area is 125 Å². The van der Waals surface area contributed by atoms with E-state index in [9.17, 15) is 8.42 Å². The van der Waals surface area contributed by atoms with Crippen LogP contribution in [-0.2, 0) is 16.4 Å². The van der Waals surface area contributed by atoms with E-state index in [1.165, 1.54) is 12.3 Å². The molecule has 1 aromatic carbocycles. The van der Waals surface area contributed by atoms with Crippen LogP contribution >= 0.6 is 0 Å². The molecule has 5 nitrogen and oxygen atoms in total. The van der Waals surface area contributed by atoms with E-state index >= 15 is 0 Å². The Balaban J connectivity index is 2.00. The zero-order chi connectivity index (χ0) is 15.5. The highest BCUT2D eigenvalue weighted by Crippen LogP contribution is 2.14. The monoisotopic (exact) mass is 305 g/mol. The molecule has 112 valence electrons. The number of rotatable bonds is 5. The fourth-order valence-electron chi connectivity index (χ4n) is 1.82. The highest BCUT2D eigenvalue weighted by Gasteiger charge is 2.07. The fraction of sp³-hybridized carbons (Fsp3) is 0.267. The lowest BCUT2D eigenvalue weighted by Gasteiger charge is -2.13. The number of pyridine rings is 1. The summed E-state index contributed by atoms with van der Waals surface area (Å²) in [5.41, 5.74) is 3.09. The molecule has 0 unspecified atom stereocenters. The SMILES string of the molecule is CN(C)c1ccc(CNc2ccc(S(C)(=O)=O)nc2)cc1. The van der Waals surface area contributed by atoms with Gasteiger partial charge in [0.1, 0.15) is 0 Å². The Morgan fingerprint density at radius 1 is 1.10 bits per heavy atom. The molecule has 6 heteroatoms. The molecule has 0 aliphatic rings. The van der Waals surface area contributed by atoms with Crippen LogP contribution in [0.4, 0.5) is 11.4 Å². The highest BCUT2D eigenvalue weighted by atomic mass is 32.2. The minimum Gasteiger partial charge on any atom is -0.380 e. The van der Waals surface area contributed by atoms with Crippen LogP contribution < -0.4 is 10.2 Å². The zero-order valence-corrected chi connectivity index (χ0v) is 13.2. The molecule has 2 aromatic rings. The maximum atomic E-state index is 11.3. The molecule has 0 radical (unpaired) electrons. The molecule has 0 atom stereocenters. The van der Waals surface area contributed by atoms with Crippen LogP contribution in [0.15, 0.2) is 47.6 Å². The van der Waals surface area contributed by atoms with Crippen LogP contribution in [0.5, 0.6) is 0 Å². The van der Waals surface area contributed by atoms with Crippen molar-refractivity contribution in [3.05, 3.63) is 48.2 Å². The first kappa shape index (κ1) is 15.3. The largest absolute Gasteiger partial charge is 0.380 e. The lowest BCUT2D eigenvalue weighted by molar-refractivity contribution is 0.598. The van der Waals surface area contributed by atoms with Gasteiger partial charge in [-0.15, -0.1) is 0 Å². The second-order valence-corrected chi connectivity index (χ2v) is 7.03. The average molecular weight is 305 g/mol. The number of benzene rings is 1. The van der Waals surface area contributed by atoms with Gasteiger partial charge in [-0.25, -0.2) is 13.4 Å². The standard InChI is InChI=1S/C15H19N3O2S/c1-18(2)14-7-4-12(5-8-14)10-16-13-6-9-15(17-11-13)21(3,19)20/h4-9,11,16H,10H2,1-3H3. The maximum Gasteiger partial charge on any atom is 0.192 e. The van der Waals surface area contributed by atoms with Gasteiger partial charge < -0.3 is 10.2 Å². The van der Waals surface area contributed by atoms with Crippen LogP contribution in [0, 0.1) is 0 Å². The van der Waals surface area contributed by atoms with Gasteiger partial charge in [-0.05, 0) is 29.8 Å². The summed E-state index contributed by atoms with van der Waals surface area (Å²) in [6.07, 6.45) is 2.68. The van der Waals surface area contributed by atoms with Crippen LogP contribution in [0.25, 0.3) is 0 Å². The predicted molar refractivity (Wildman–Crippen MR) is 85.4 cm³/mol. The molecule has 0 amide bonds. The maximum absolute atomic E-state index is 11.3. The van der Waals surface area contributed by atoms with Crippen molar-refractivity contribution < 1.29 is 8.42 Å². The molecular formula is C15H19N3O2S. The van der Waals surface area contributed by atoms with E-state index in [0.717, 1.165) is 23.2 Å². The molecule has 1 heterocycles. The Kier molecular flexibility index (Phi) is 4.47. The van der Waals surface area contributed by atoms with Gasteiger partial charge in [0.25, 0.3) is 0 Å². The van der Waals surface area contributed by atoms with Gasteiger partial charge in [0.15, 0.2) is 14.9 Å². The molecule has 0 saturated carbocycles. The number of hydrogen-bond donors (Lipinski definition) is 1. The first-order valence-electron chi connectivity index (χ1n) is 6.52. The number of sulfone groups is 1. The van der Waals surface area contributed by atoms with Crippen molar-refractivity contribution in [1.29, 1.82) is 0 Å². The predicted octanol–water partition coefficient (Wildman–Crippen LogP) is 2.16. The number of nitrogens with zero attached hydrogens (tertiary/aromatic N) is 2. The third-order valence-corrected chi connectivity index (χ3v) is 4.07. The summed E-state index contributed by atoms with van der Waals surface area (Å²) in [6.45, 7) is 0.660. The van der Waals surface area contributed by atoms with Crippen LogP contribution in [-0.4, -0.2) is 33.8 Å². The summed E-state index contributed by atoms with van der Waals surface area (Å²) in [5.74, 6) is 0. The molecular weight excluding hydrogens is 286 g/mol. The van der Waals surface area contributed by atoms with E-state index in [4.69, 9.17) is 0 Å². The second kappa shape index (κ2) is 6.13. The first-order chi connectivity index (χ1) is 9.86. The summed E-state index contributed by atoms with van der Waals surface area (Å²) in [6, 6.07) is 11.5. The molecule has 21 heavy (non-hydrogen) atoms. The normalized spacial score (nSPS) is 11.2. The van der Waals surface area contributed by atoms with Crippen molar-refractivity contribution in [2.45, 2.75) is 11.6 Å². The van der Waals surface area contributed by atoms with Gasteiger partial charge in [-0.1, -0.05) is 12.1 Å². The summed E-state index contributed by atoms with van der Waals surface area (Å²) < 4.78 is 22.6. The quantitative estimate of drug-likeness (QED) is 0.917. The summed E-state index contributed by atoms with van der Waals surface area (Å²) in [7, 11) is 0.761. The number of anilines is 2. The third kappa shape index (κ3) is 4.19. The van der Waals surface area contributed by atoms with Crippen molar-refractivity contribution in [3.8, 4) is 0 Å². The lowest BCUT2D eigenvalue weighted by Crippen LogP contribution is -2.08. The minimum absolute atomic E-state index is 0.0865. The van der Waals surface area contributed by atoms with Crippen molar-refractivity contribution in [1.82, 2.24) is 4.98 Å². The average Bonchev–Trinajstić information content (AvgIpc) is 2.45. The van der Waals surface area contributed by atoms with E-state index < -0.39 is 9.84 Å². The highest BCUT2D eigenvalue weighted by molar-refractivity contribution is 7.90. The van der Waals surface area contributed by atoms with Crippen molar-refractivity contribution in [3.63, 3.8) is 0 Å². The van der Waals surface area contributed by atoms with Crippen molar-refractivity contribution in [2.75, 3.05) is 30.6 Å². The third-order valence-electron chi connectivity index (χ3n) is 3.07. The molecule has 0 aliphatic heterocycles. The smallest absolute Gasteiger partial charge is 0.192 e. The Hall–Kier alpha value is -2.08. The first-order valence-corrected chi connectivity index (χ1v) is 8.41. The van der Waals surface area contributed by atoms with E-state index in [2.05, 4.69) is 34.6 Å².